The van der Waals surface area contributed by atoms with Crippen LogP contribution in [-0.2, 0) is 27.0 Å². The summed E-state index contributed by atoms with van der Waals surface area (Å²) in [5.74, 6) is -2.30. The Hall–Kier alpha value is -5.14. The Morgan fingerprint density at radius 2 is 1.71 bits per heavy atom. The molecule has 0 bridgehead atoms. The van der Waals surface area contributed by atoms with Crippen LogP contribution in [0.3, 0.4) is 0 Å². The minimum Gasteiger partial charge on any atom is -0.388 e. The Bertz CT molecular complexity index is 1770. The van der Waals surface area contributed by atoms with Crippen LogP contribution < -0.4 is 10.2 Å². The summed E-state index contributed by atoms with van der Waals surface area (Å²) >= 11 is 0. The average Bonchev–Trinajstić information content (AvgIpc) is 3.44. The van der Waals surface area contributed by atoms with Crippen LogP contribution in [0.2, 0.25) is 0 Å². The van der Waals surface area contributed by atoms with E-state index in [1.807, 2.05) is 42.3 Å². The van der Waals surface area contributed by atoms with Crippen LogP contribution in [0.25, 0.3) is 5.69 Å². The Labute approximate surface area is 281 Å². The van der Waals surface area contributed by atoms with Gasteiger partial charge in [0.15, 0.2) is 0 Å². The second-order valence-electron chi connectivity index (χ2n) is 11.2. The number of carbonyl (C=O) groups is 3. The van der Waals surface area contributed by atoms with E-state index in [0.717, 1.165) is 18.2 Å². The molecule has 1 aliphatic rings. The third kappa shape index (κ3) is 8.48. The van der Waals surface area contributed by atoms with E-state index < -0.39 is 41.3 Å². The topological polar surface area (TPSA) is 96.8 Å². The lowest BCUT2D eigenvalue weighted by molar-refractivity contribution is -0.137. The molecule has 13 heteroatoms. The van der Waals surface area contributed by atoms with Gasteiger partial charge in [-0.3, -0.25) is 24.2 Å². The van der Waals surface area contributed by atoms with E-state index in [1.165, 1.54) is 41.3 Å². The largest absolute Gasteiger partial charge is 0.416 e. The van der Waals surface area contributed by atoms with Gasteiger partial charge in [0.05, 0.1) is 16.9 Å². The predicted molar refractivity (Wildman–Crippen MR) is 177 cm³/mol. The number of nitrogens with zero attached hydrogens (tertiary/aromatic N) is 4. The molecule has 4 aromatic rings. The number of para-hydroxylation sites is 1. The quantitative estimate of drug-likeness (QED) is 0.130. The number of methoxy groups -OCH3 is 1. The molecule has 5 rings (SSSR count). The first kappa shape index (κ1) is 36.7. The summed E-state index contributed by atoms with van der Waals surface area (Å²) in [5, 5.41) is 7.65. The van der Waals surface area contributed by atoms with Crippen LogP contribution >= 0.6 is 0 Å². The summed E-state index contributed by atoms with van der Waals surface area (Å²) < 4.78 is 60.4. The molecule has 2 amide bonds. The van der Waals surface area contributed by atoms with Crippen LogP contribution in [0.15, 0.2) is 91.0 Å². The number of fused-ring (bicyclic) bond motifs is 1. The number of carbonyl (C=O) groups excluding carboxylic acids is 3. The van der Waals surface area contributed by atoms with Crippen molar-refractivity contribution in [2.75, 3.05) is 39.3 Å². The molecule has 2 heterocycles. The maximum absolute atomic E-state index is 14.3. The van der Waals surface area contributed by atoms with Gasteiger partial charge in [0, 0.05) is 50.9 Å². The molecule has 0 spiro atoms. The van der Waals surface area contributed by atoms with Crippen LogP contribution in [0, 0.1) is 5.82 Å². The van der Waals surface area contributed by atoms with Crippen molar-refractivity contribution < 1.29 is 36.7 Å². The molecule has 258 valence electrons. The van der Waals surface area contributed by atoms with Gasteiger partial charge in [0.25, 0.3) is 11.8 Å². The zero-order valence-corrected chi connectivity index (χ0v) is 27.4. The number of allylic oxidation sites excluding steroid dienone is 1. The Morgan fingerprint density at radius 3 is 2.33 bits per heavy atom. The van der Waals surface area contributed by atoms with Gasteiger partial charge in [-0.2, -0.15) is 18.3 Å². The summed E-state index contributed by atoms with van der Waals surface area (Å²) in [6, 6.07) is 17.4. The van der Waals surface area contributed by atoms with Gasteiger partial charge in [-0.25, -0.2) is 9.07 Å². The summed E-state index contributed by atoms with van der Waals surface area (Å²) in [7, 11) is 5.08. The van der Waals surface area contributed by atoms with Crippen molar-refractivity contribution in [3.8, 4) is 5.69 Å². The summed E-state index contributed by atoms with van der Waals surface area (Å²) in [5.41, 5.74) is 1.05. The fourth-order valence-corrected chi connectivity index (χ4v) is 5.65. The molecule has 0 aliphatic carbocycles. The number of ether oxygens (including phenoxy) is 1. The molecule has 0 saturated heterocycles. The van der Waals surface area contributed by atoms with E-state index in [9.17, 15) is 31.9 Å². The van der Waals surface area contributed by atoms with Crippen LogP contribution in [0.1, 0.15) is 45.6 Å². The Balaban J connectivity index is 0.00000174. The van der Waals surface area contributed by atoms with Crippen molar-refractivity contribution in [1.82, 2.24) is 20.0 Å². The highest BCUT2D eigenvalue weighted by Gasteiger charge is 2.46. The number of benzene rings is 3. The van der Waals surface area contributed by atoms with Crippen molar-refractivity contribution in [3.05, 3.63) is 125 Å². The molecule has 1 aliphatic heterocycles. The number of aldehydes is 1. The Morgan fingerprint density at radius 1 is 1.04 bits per heavy atom. The molecule has 1 N–H and O–H groups in total. The third-order valence-corrected chi connectivity index (χ3v) is 7.74. The zero-order valence-electron chi connectivity index (χ0n) is 27.4. The monoisotopic (exact) mass is 679 g/mol. The summed E-state index contributed by atoms with van der Waals surface area (Å²) in [6.45, 7) is 2.62. The van der Waals surface area contributed by atoms with E-state index in [0.29, 0.717) is 41.2 Å². The number of halogens is 4. The highest BCUT2D eigenvalue weighted by atomic mass is 19.4. The van der Waals surface area contributed by atoms with Crippen molar-refractivity contribution >= 4 is 23.9 Å². The lowest BCUT2D eigenvalue weighted by Crippen LogP contribution is -2.55. The van der Waals surface area contributed by atoms with Crippen molar-refractivity contribution in [3.63, 3.8) is 0 Å². The molecule has 1 aromatic heterocycles. The summed E-state index contributed by atoms with van der Waals surface area (Å²) in [4.78, 5) is 42.1. The molecule has 9 nitrogen and oxygen atoms in total. The number of aromatic nitrogens is 2. The second-order valence-corrected chi connectivity index (χ2v) is 11.2. The van der Waals surface area contributed by atoms with E-state index in [4.69, 9.17) is 5.10 Å². The fourth-order valence-electron chi connectivity index (χ4n) is 5.65. The lowest BCUT2D eigenvalue weighted by Gasteiger charge is -2.38. The normalized spacial score (nSPS) is 15.9. The third-order valence-electron chi connectivity index (χ3n) is 7.74. The van der Waals surface area contributed by atoms with Gasteiger partial charge in [0.2, 0.25) is 0 Å². The van der Waals surface area contributed by atoms with Gasteiger partial charge in [0.1, 0.15) is 24.0 Å². The molecule has 49 heavy (non-hydrogen) atoms. The molecule has 0 fully saturated rings. The molecular formula is C36H37F4N5O4. The lowest BCUT2D eigenvalue weighted by atomic mass is 9.80. The van der Waals surface area contributed by atoms with Crippen molar-refractivity contribution in [1.29, 1.82) is 0 Å². The number of rotatable bonds is 10. The van der Waals surface area contributed by atoms with Crippen LogP contribution in [-0.4, -0.2) is 73.2 Å². The van der Waals surface area contributed by atoms with Crippen molar-refractivity contribution in [2.45, 2.75) is 31.6 Å². The van der Waals surface area contributed by atoms with E-state index in [1.54, 1.807) is 31.9 Å². The highest BCUT2D eigenvalue weighted by Crippen LogP contribution is 2.44. The minimum atomic E-state index is -4.67. The molecule has 0 saturated carbocycles. The van der Waals surface area contributed by atoms with Crippen LogP contribution in [0.5, 0.6) is 0 Å². The molecule has 0 radical (unpaired) electrons. The smallest absolute Gasteiger partial charge is 0.388 e. The second kappa shape index (κ2) is 16.3. The molecule has 2 atom stereocenters. The first-order valence-corrected chi connectivity index (χ1v) is 15.4. The number of anilines is 1. The van der Waals surface area contributed by atoms with E-state index in [2.05, 4.69) is 10.1 Å². The minimum absolute atomic E-state index is 0.188. The van der Waals surface area contributed by atoms with Gasteiger partial charge in [-0.05, 0) is 68.1 Å². The fraction of sp³-hybridized carbons (Fsp3) is 0.278. The number of nitrogens with one attached hydrogen (secondary N) is 1. The maximum atomic E-state index is 14.3. The van der Waals surface area contributed by atoms with Gasteiger partial charge >= 0.3 is 6.18 Å². The van der Waals surface area contributed by atoms with E-state index in [-0.39, 0.29) is 18.7 Å². The molecular weight excluding hydrogens is 642 g/mol. The first-order chi connectivity index (χ1) is 23.4. The van der Waals surface area contributed by atoms with E-state index >= 15 is 0 Å². The van der Waals surface area contributed by atoms with Gasteiger partial charge in [-0.1, -0.05) is 42.5 Å². The maximum Gasteiger partial charge on any atom is 0.416 e. The summed E-state index contributed by atoms with van der Waals surface area (Å²) in [6.07, 6.45) is -0.931. The SMILES string of the molecule is CCN1C(=O)C(NC(=O)c2cccc(C(F)(F)F)c2)C(c2ccc(F)cc2)c2c(CN(C)C/C=C/C=O)nn(-c3ccccc3)c21.COC. The van der Waals surface area contributed by atoms with Crippen LogP contribution in [0.4, 0.5) is 23.4 Å². The molecule has 3 aromatic carbocycles. The number of hydrogen-bond acceptors (Lipinski definition) is 6. The standard InChI is InChI=1S/C34H31F4N5O3.C2H6O/c1-3-42-32-29(27(21-41(2)18-7-8-19-44)40-43(32)26-12-5-4-6-13-26)28(22-14-16-25(35)17-15-22)30(33(42)46)39-31(45)23-10-9-11-24(20-23)34(36,37)38;1-3-2/h4-17,19-20,28,30H,3,18,21H2,1-2H3,(H,39,45);1-2H3/b8-7+;. The van der Waals surface area contributed by atoms with Crippen molar-refractivity contribution in [2.24, 2.45) is 0 Å². The average molecular weight is 680 g/mol. The number of amides is 2. The number of alkyl halides is 3. The number of hydrogen-bond donors (Lipinski definition) is 1. The highest BCUT2D eigenvalue weighted by molar-refractivity contribution is 6.05. The van der Waals surface area contributed by atoms with Gasteiger partial charge in [-0.15, -0.1) is 0 Å². The predicted octanol–water partition coefficient (Wildman–Crippen LogP) is 5.78. The molecule has 2 unspecified atom stereocenters. The zero-order chi connectivity index (χ0) is 35.7. The number of likely N-dealkylation sites (N-methyl/N-ethyl adjacent to an activating group) is 2. The van der Waals surface area contributed by atoms with Gasteiger partial charge < -0.3 is 10.1 Å². The Kier molecular flexibility index (Phi) is 12.2. The first-order valence-electron chi connectivity index (χ1n) is 15.4.